The fourth-order valence-corrected chi connectivity index (χ4v) is 4.11. The van der Waals surface area contributed by atoms with E-state index in [0.29, 0.717) is 31.2 Å². The van der Waals surface area contributed by atoms with Crippen LogP contribution in [0.25, 0.3) is 0 Å². The first-order valence-corrected chi connectivity index (χ1v) is 11.3. The van der Waals surface area contributed by atoms with Gasteiger partial charge in [0.25, 0.3) is 5.91 Å². The van der Waals surface area contributed by atoms with Crippen molar-refractivity contribution in [1.29, 1.82) is 0 Å². The Morgan fingerprint density at radius 3 is 2.70 bits per heavy atom. The molecule has 2 amide bonds. The number of hydrogen-bond donors (Lipinski definition) is 0. The van der Waals surface area contributed by atoms with E-state index in [1.807, 2.05) is 49.1 Å². The molecule has 172 valence electrons. The maximum absolute atomic E-state index is 12.7. The Hall–Kier alpha value is -3.61. The summed E-state index contributed by atoms with van der Waals surface area (Å²) in [6.45, 7) is 5.18. The van der Waals surface area contributed by atoms with Crippen molar-refractivity contribution in [3.05, 3.63) is 83.1 Å². The molecule has 0 saturated carbocycles. The topological polar surface area (TPSA) is 75.9 Å². The maximum atomic E-state index is 12.7. The predicted molar refractivity (Wildman–Crippen MR) is 124 cm³/mol. The summed E-state index contributed by atoms with van der Waals surface area (Å²) in [4.78, 5) is 32.7. The molecule has 0 fully saturated rings. The lowest BCUT2D eigenvalue weighted by atomic mass is 9.87. The minimum atomic E-state index is -0.187. The molecule has 0 spiro atoms. The fourth-order valence-electron chi connectivity index (χ4n) is 4.11. The average Bonchev–Trinajstić information content (AvgIpc) is 3.34. The van der Waals surface area contributed by atoms with Crippen LogP contribution in [0.4, 0.5) is 0 Å². The lowest BCUT2D eigenvalue weighted by molar-refractivity contribution is -0.132. The van der Waals surface area contributed by atoms with Crippen LogP contribution < -0.4 is 4.74 Å². The zero-order chi connectivity index (χ0) is 23.4. The van der Waals surface area contributed by atoms with Crippen LogP contribution in [0.5, 0.6) is 5.75 Å². The minimum Gasteiger partial charge on any atom is -0.484 e. The highest BCUT2D eigenvalue weighted by Gasteiger charge is 2.31. The van der Waals surface area contributed by atoms with Gasteiger partial charge in [-0.2, -0.15) is 0 Å². The standard InChI is InChI=1S/C26H29N3O4/c1-4-24(30)29-14-13-18-11-12-20(15-21(18)25(29)19-9-7-6-8-10-19)32-17-23-27-22(16-33-23)26(31)28(3)5-2/h6-12,15-16,25H,4-5,13-14,17H2,1-3H3. The highest BCUT2D eigenvalue weighted by Crippen LogP contribution is 2.37. The summed E-state index contributed by atoms with van der Waals surface area (Å²) in [7, 11) is 1.72. The molecule has 1 aliphatic heterocycles. The Morgan fingerprint density at radius 1 is 1.18 bits per heavy atom. The Balaban J connectivity index is 1.57. The van der Waals surface area contributed by atoms with Gasteiger partial charge < -0.3 is 19.0 Å². The van der Waals surface area contributed by atoms with Crippen LogP contribution in [0.2, 0.25) is 0 Å². The number of oxazole rings is 1. The van der Waals surface area contributed by atoms with E-state index >= 15 is 0 Å². The van der Waals surface area contributed by atoms with Gasteiger partial charge in [-0.1, -0.05) is 43.3 Å². The molecule has 3 aromatic rings. The summed E-state index contributed by atoms with van der Waals surface area (Å²) < 4.78 is 11.4. The largest absolute Gasteiger partial charge is 0.484 e. The Morgan fingerprint density at radius 2 is 1.97 bits per heavy atom. The van der Waals surface area contributed by atoms with E-state index in [4.69, 9.17) is 9.15 Å². The number of ether oxygens (including phenoxy) is 1. The van der Waals surface area contributed by atoms with E-state index in [1.165, 1.54) is 11.8 Å². The van der Waals surface area contributed by atoms with E-state index in [1.54, 1.807) is 11.9 Å². The van der Waals surface area contributed by atoms with Gasteiger partial charge in [0.1, 0.15) is 12.0 Å². The molecular formula is C26H29N3O4. The fraction of sp³-hybridized carbons (Fsp3) is 0.346. The molecule has 2 heterocycles. The zero-order valence-electron chi connectivity index (χ0n) is 19.3. The lowest BCUT2D eigenvalue weighted by Gasteiger charge is -2.38. The number of rotatable bonds is 7. The van der Waals surface area contributed by atoms with Gasteiger partial charge >= 0.3 is 0 Å². The Bertz CT molecular complexity index is 1130. The average molecular weight is 448 g/mol. The normalized spacial score (nSPS) is 15.1. The van der Waals surface area contributed by atoms with Gasteiger partial charge in [-0.15, -0.1) is 0 Å². The Labute approximate surface area is 194 Å². The van der Waals surface area contributed by atoms with Crippen LogP contribution in [-0.4, -0.2) is 46.7 Å². The summed E-state index contributed by atoms with van der Waals surface area (Å²) in [5, 5.41) is 0. The van der Waals surface area contributed by atoms with Gasteiger partial charge in [0.2, 0.25) is 11.8 Å². The molecular weight excluding hydrogens is 418 g/mol. The first-order valence-electron chi connectivity index (χ1n) is 11.3. The highest BCUT2D eigenvalue weighted by atomic mass is 16.5. The smallest absolute Gasteiger partial charge is 0.275 e. The van der Waals surface area contributed by atoms with E-state index in [-0.39, 0.29) is 30.2 Å². The van der Waals surface area contributed by atoms with Gasteiger partial charge in [-0.25, -0.2) is 4.98 Å². The number of benzene rings is 2. The minimum absolute atomic E-state index is 0.107. The zero-order valence-corrected chi connectivity index (χ0v) is 19.3. The molecule has 0 aliphatic carbocycles. The molecule has 33 heavy (non-hydrogen) atoms. The molecule has 4 rings (SSSR count). The summed E-state index contributed by atoms with van der Waals surface area (Å²) >= 11 is 0. The summed E-state index contributed by atoms with van der Waals surface area (Å²) in [6.07, 6.45) is 2.63. The van der Waals surface area contributed by atoms with Crippen molar-refractivity contribution in [2.24, 2.45) is 0 Å². The monoisotopic (exact) mass is 447 g/mol. The van der Waals surface area contributed by atoms with Crippen LogP contribution in [0.3, 0.4) is 0 Å². The van der Waals surface area contributed by atoms with Gasteiger partial charge in [0, 0.05) is 26.6 Å². The third-order valence-electron chi connectivity index (χ3n) is 6.04. The molecule has 7 heteroatoms. The van der Waals surface area contributed by atoms with Crippen LogP contribution in [0.1, 0.15) is 59.4 Å². The number of nitrogens with zero attached hydrogens (tertiary/aromatic N) is 3. The molecule has 1 unspecified atom stereocenters. The van der Waals surface area contributed by atoms with Crippen LogP contribution in [0.15, 0.2) is 59.2 Å². The molecule has 1 atom stereocenters. The number of hydrogen-bond acceptors (Lipinski definition) is 5. The van der Waals surface area contributed by atoms with Crippen molar-refractivity contribution in [3.63, 3.8) is 0 Å². The van der Waals surface area contributed by atoms with E-state index in [9.17, 15) is 9.59 Å². The van der Waals surface area contributed by atoms with Crippen LogP contribution in [0, 0.1) is 0 Å². The number of amides is 2. The highest BCUT2D eigenvalue weighted by molar-refractivity contribution is 5.91. The second kappa shape index (κ2) is 9.90. The SMILES string of the molecule is CCC(=O)N1CCc2ccc(OCc3nc(C(=O)N(C)CC)co3)cc2C1c1ccccc1. The predicted octanol–water partition coefficient (Wildman–Crippen LogP) is 4.23. The van der Waals surface area contributed by atoms with Crippen molar-refractivity contribution in [1.82, 2.24) is 14.8 Å². The quantitative estimate of drug-likeness (QED) is 0.542. The number of fused-ring (bicyclic) bond motifs is 1. The molecule has 2 aromatic carbocycles. The van der Waals surface area contributed by atoms with E-state index in [0.717, 1.165) is 17.5 Å². The van der Waals surface area contributed by atoms with Gasteiger partial charge in [0.05, 0.1) is 6.04 Å². The second-order valence-electron chi connectivity index (χ2n) is 8.10. The maximum Gasteiger partial charge on any atom is 0.275 e. The Kier molecular flexibility index (Phi) is 6.77. The number of carbonyl (C=O) groups excluding carboxylic acids is 2. The lowest BCUT2D eigenvalue weighted by Crippen LogP contribution is -2.40. The van der Waals surface area contributed by atoms with Crippen molar-refractivity contribution in [2.75, 3.05) is 20.1 Å². The van der Waals surface area contributed by atoms with Gasteiger partial charge in [-0.05, 0) is 42.2 Å². The molecule has 0 radical (unpaired) electrons. The first-order chi connectivity index (χ1) is 16.0. The second-order valence-corrected chi connectivity index (χ2v) is 8.10. The van der Waals surface area contributed by atoms with Crippen LogP contribution in [-0.2, 0) is 17.8 Å². The van der Waals surface area contributed by atoms with Crippen LogP contribution >= 0.6 is 0 Å². The third-order valence-corrected chi connectivity index (χ3v) is 6.04. The summed E-state index contributed by atoms with van der Waals surface area (Å²) in [6, 6.07) is 15.9. The van der Waals surface area contributed by atoms with E-state index in [2.05, 4.69) is 23.2 Å². The molecule has 0 bridgehead atoms. The van der Waals surface area contributed by atoms with Crippen molar-refractivity contribution < 1.29 is 18.7 Å². The number of carbonyl (C=O) groups is 2. The third kappa shape index (κ3) is 4.77. The molecule has 0 N–H and O–H groups in total. The summed E-state index contributed by atoms with van der Waals surface area (Å²) in [5.41, 5.74) is 3.62. The molecule has 1 aromatic heterocycles. The number of aromatic nitrogens is 1. The van der Waals surface area contributed by atoms with Crippen molar-refractivity contribution in [3.8, 4) is 5.75 Å². The molecule has 1 aliphatic rings. The van der Waals surface area contributed by atoms with Gasteiger partial charge in [0.15, 0.2) is 12.3 Å². The van der Waals surface area contributed by atoms with Crippen molar-refractivity contribution in [2.45, 2.75) is 39.3 Å². The van der Waals surface area contributed by atoms with Gasteiger partial charge in [-0.3, -0.25) is 9.59 Å². The van der Waals surface area contributed by atoms with Crippen molar-refractivity contribution >= 4 is 11.8 Å². The summed E-state index contributed by atoms with van der Waals surface area (Å²) in [5.74, 6) is 0.947. The first kappa shape index (κ1) is 22.6. The van der Waals surface area contributed by atoms with E-state index < -0.39 is 0 Å². The molecule has 0 saturated heterocycles. The molecule has 7 nitrogen and oxygen atoms in total.